The molecule has 0 saturated carbocycles. The Balaban J connectivity index is 1.54. The summed E-state index contributed by atoms with van der Waals surface area (Å²) in [5.74, 6) is 0.218. The Kier molecular flexibility index (Phi) is 5.46. The first-order chi connectivity index (χ1) is 16.1. The lowest BCUT2D eigenvalue weighted by Crippen LogP contribution is -2.33. The first-order valence-corrected chi connectivity index (χ1v) is 11.2. The van der Waals surface area contributed by atoms with Gasteiger partial charge in [0.15, 0.2) is 5.82 Å². The van der Waals surface area contributed by atoms with Crippen LogP contribution >= 0.6 is 0 Å². The van der Waals surface area contributed by atoms with Crippen LogP contribution in [0.5, 0.6) is 0 Å². The van der Waals surface area contributed by atoms with Crippen LogP contribution in [0.3, 0.4) is 0 Å². The van der Waals surface area contributed by atoms with Crippen molar-refractivity contribution in [2.45, 2.75) is 44.9 Å². The fourth-order valence-corrected chi connectivity index (χ4v) is 4.63. The second-order valence-corrected chi connectivity index (χ2v) is 8.96. The monoisotopic (exact) mass is 475 g/mol. The van der Waals surface area contributed by atoms with Crippen LogP contribution in [-0.2, 0) is 0 Å². The van der Waals surface area contributed by atoms with Crippen molar-refractivity contribution in [3.05, 3.63) is 36.2 Å². The van der Waals surface area contributed by atoms with Crippen molar-refractivity contribution in [1.82, 2.24) is 29.4 Å². The van der Waals surface area contributed by atoms with Crippen LogP contribution in [0.25, 0.3) is 33.2 Å². The zero-order valence-electron chi connectivity index (χ0n) is 19.0. The number of nitrogens with zero attached hydrogens (tertiary/aromatic N) is 5. The summed E-state index contributed by atoms with van der Waals surface area (Å²) in [5.41, 5.74) is 2.72. The van der Waals surface area contributed by atoms with Crippen molar-refractivity contribution < 1.29 is 17.6 Å². The number of imidazole rings is 1. The standard InChI is InChI=1S/C23H25F4N7/c1-12(23(25,26)27)30-22-29-11-17-16(10-28-21(17)32-22)14-8-18(24)20-19(9-14)34(13(2)31-20)15-4-6-33(3)7-5-15/h8-12,15H,4-7H2,1-3H3,(H2,28,29,30,32)/t12-/m1/s1. The Bertz CT molecular complexity index is 1350. The minimum absolute atomic E-state index is 0.136. The number of aromatic amines is 1. The molecule has 7 nitrogen and oxygen atoms in total. The smallest absolute Gasteiger partial charge is 0.345 e. The molecule has 4 aromatic rings. The molecule has 5 rings (SSSR count). The van der Waals surface area contributed by atoms with Crippen molar-refractivity contribution in [2.75, 3.05) is 25.5 Å². The van der Waals surface area contributed by atoms with Crippen LogP contribution in [0, 0.1) is 12.7 Å². The molecule has 0 radical (unpaired) electrons. The SMILES string of the molecule is Cc1nc2c(F)cc(-c3c[nH]c4nc(N[C@H](C)C(F)(F)F)ncc34)cc2n1C1CCN(C)CC1. The number of hydrogen-bond donors (Lipinski definition) is 2. The van der Waals surface area contributed by atoms with E-state index < -0.39 is 18.0 Å². The maximum Gasteiger partial charge on any atom is 0.408 e. The van der Waals surface area contributed by atoms with E-state index in [0.717, 1.165) is 44.2 Å². The van der Waals surface area contributed by atoms with E-state index >= 15 is 4.39 Å². The van der Waals surface area contributed by atoms with Crippen molar-refractivity contribution in [3.8, 4) is 11.1 Å². The van der Waals surface area contributed by atoms with Gasteiger partial charge in [0.2, 0.25) is 5.95 Å². The van der Waals surface area contributed by atoms with Crippen LogP contribution in [0.15, 0.2) is 24.5 Å². The number of H-pyrrole nitrogens is 1. The van der Waals surface area contributed by atoms with Crippen molar-refractivity contribution in [3.63, 3.8) is 0 Å². The van der Waals surface area contributed by atoms with Gasteiger partial charge in [0.25, 0.3) is 0 Å². The summed E-state index contributed by atoms with van der Waals surface area (Å²) < 4.78 is 55.8. The van der Waals surface area contributed by atoms with Gasteiger partial charge in [0, 0.05) is 29.4 Å². The maximum atomic E-state index is 15.1. The summed E-state index contributed by atoms with van der Waals surface area (Å²) in [5, 5.41) is 2.85. The van der Waals surface area contributed by atoms with E-state index in [0.29, 0.717) is 27.7 Å². The Morgan fingerprint density at radius 3 is 2.62 bits per heavy atom. The van der Waals surface area contributed by atoms with E-state index in [1.165, 1.54) is 12.3 Å². The van der Waals surface area contributed by atoms with E-state index in [9.17, 15) is 13.2 Å². The lowest BCUT2D eigenvalue weighted by Gasteiger charge is -2.30. The zero-order valence-corrected chi connectivity index (χ0v) is 19.0. The van der Waals surface area contributed by atoms with Crippen molar-refractivity contribution in [2.24, 2.45) is 0 Å². The van der Waals surface area contributed by atoms with Gasteiger partial charge in [-0.1, -0.05) is 0 Å². The van der Waals surface area contributed by atoms with Gasteiger partial charge >= 0.3 is 6.18 Å². The second-order valence-electron chi connectivity index (χ2n) is 8.96. The molecule has 3 aromatic heterocycles. The molecule has 1 atom stereocenters. The van der Waals surface area contributed by atoms with E-state index in [-0.39, 0.29) is 12.0 Å². The van der Waals surface area contributed by atoms with Gasteiger partial charge in [0.05, 0.1) is 5.52 Å². The third kappa shape index (κ3) is 3.97. The highest BCUT2D eigenvalue weighted by molar-refractivity contribution is 5.96. The van der Waals surface area contributed by atoms with Gasteiger partial charge in [-0.15, -0.1) is 0 Å². The molecule has 1 aliphatic rings. The van der Waals surface area contributed by atoms with Crippen LogP contribution in [-0.4, -0.2) is 61.8 Å². The van der Waals surface area contributed by atoms with Gasteiger partial charge in [-0.25, -0.2) is 14.4 Å². The Morgan fingerprint density at radius 2 is 1.91 bits per heavy atom. The Morgan fingerprint density at radius 1 is 1.18 bits per heavy atom. The summed E-state index contributed by atoms with van der Waals surface area (Å²) in [6.45, 7) is 4.83. The fraction of sp³-hybridized carbons (Fsp3) is 0.435. The van der Waals surface area contributed by atoms with E-state index in [2.05, 4.69) is 41.8 Å². The number of alkyl halides is 3. The van der Waals surface area contributed by atoms with Crippen molar-refractivity contribution in [1.29, 1.82) is 0 Å². The van der Waals surface area contributed by atoms with Gasteiger partial charge in [-0.2, -0.15) is 18.2 Å². The number of nitrogens with one attached hydrogen (secondary N) is 2. The highest BCUT2D eigenvalue weighted by Crippen LogP contribution is 2.35. The molecular weight excluding hydrogens is 450 g/mol. The van der Waals surface area contributed by atoms with E-state index in [1.807, 2.05) is 13.0 Å². The summed E-state index contributed by atoms with van der Waals surface area (Å²) in [6.07, 6.45) is 0.617. The molecule has 0 aliphatic carbocycles. The van der Waals surface area contributed by atoms with Crippen LogP contribution in [0.4, 0.5) is 23.5 Å². The molecule has 180 valence electrons. The number of piperidine rings is 1. The number of likely N-dealkylation sites (tertiary alicyclic amines) is 1. The number of aryl methyl sites for hydroxylation is 1. The molecule has 0 spiro atoms. The average Bonchev–Trinajstić information content (AvgIpc) is 3.34. The highest BCUT2D eigenvalue weighted by atomic mass is 19.4. The number of aromatic nitrogens is 5. The molecule has 1 saturated heterocycles. The fourth-order valence-electron chi connectivity index (χ4n) is 4.63. The van der Waals surface area contributed by atoms with Crippen LogP contribution < -0.4 is 5.32 Å². The molecule has 1 aliphatic heterocycles. The molecule has 0 unspecified atom stereocenters. The minimum atomic E-state index is -4.42. The normalized spacial score (nSPS) is 17.0. The Hall–Kier alpha value is -3.21. The summed E-state index contributed by atoms with van der Waals surface area (Å²) in [6, 6.07) is 1.79. The van der Waals surface area contributed by atoms with Gasteiger partial charge in [-0.3, -0.25) is 0 Å². The first-order valence-electron chi connectivity index (χ1n) is 11.2. The van der Waals surface area contributed by atoms with E-state index in [4.69, 9.17) is 0 Å². The Labute approximate surface area is 193 Å². The molecule has 11 heteroatoms. The summed E-state index contributed by atoms with van der Waals surface area (Å²) in [7, 11) is 2.09. The number of benzene rings is 1. The third-order valence-electron chi connectivity index (χ3n) is 6.56. The topological polar surface area (TPSA) is 74.7 Å². The molecule has 1 fully saturated rings. The minimum Gasteiger partial charge on any atom is -0.345 e. The number of halogens is 4. The number of hydrogen-bond acceptors (Lipinski definition) is 5. The zero-order chi connectivity index (χ0) is 24.2. The number of anilines is 1. The predicted octanol–water partition coefficient (Wildman–Crippen LogP) is 5.05. The molecule has 2 N–H and O–H groups in total. The lowest BCUT2D eigenvalue weighted by atomic mass is 10.0. The molecule has 1 aromatic carbocycles. The summed E-state index contributed by atoms with van der Waals surface area (Å²) in [4.78, 5) is 18.0. The molecule has 34 heavy (non-hydrogen) atoms. The average molecular weight is 475 g/mol. The molecule has 0 amide bonds. The van der Waals surface area contributed by atoms with Crippen LogP contribution in [0.1, 0.15) is 31.6 Å². The highest BCUT2D eigenvalue weighted by Gasteiger charge is 2.36. The largest absolute Gasteiger partial charge is 0.408 e. The van der Waals surface area contributed by atoms with Crippen molar-refractivity contribution >= 4 is 28.0 Å². The second kappa shape index (κ2) is 8.23. The quantitative estimate of drug-likeness (QED) is 0.404. The first kappa shape index (κ1) is 22.6. The summed E-state index contributed by atoms with van der Waals surface area (Å²) >= 11 is 0. The van der Waals surface area contributed by atoms with Gasteiger partial charge in [0.1, 0.15) is 23.0 Å². The van der Waals surface area contributed by atoms with E-state index in [1.54, 1.807) is 6.20 Å². The molecular formula is C23H25F4N7. The van der Waals surface area contributed by atoms with Gasteiger partial charge in [-0.05, 0) is 64.5 Å². The van der Waals surface area contributed by atoms with Gasteiger partial charge < -0.3 is 19.8 Å². The number of rotatable bonds is 4. The molecule has 0 bridgehead atoms. The van der Waals surface area contributed by atoms with Crippen LogP contribution in [0.2, 0.25) is 0 Å². The lowest BCUT2D eigenvalue weighted by molar-refractivity contribution is -0.138. The number of fused-ring (bicyclic) bond motifs is 2. The maximum absolute atomic E-state index is 15.1. The molecule has 4 heterocycles. The third-order valence-corrected chi connectivity index (χ3v) is 6.56. The predicted molar refractivity (Wildman–Crippen MR) is 122 cm³/mol.